The topological polar surface area (TPSA) is 81.9 Å². The largest absolute Gasteiger partial charge is 0.497 e. The Morgan fingerprint density at radius 2 is 1.72 bits per heavy atom. The van der Waals surface area contributed by atoms with Crippen molar-refractivity contribution in [2.24, 2.45) is 0 Å². The van der Waals surface area contributed by atoms with Crippen LogP contribution < -0.4 is 4.74 Å². The minimum atomic E-state index is -0.744. The van der Waals surface area contributed by atoms with Crippen molar-refractivity contribution in [2.45, 2.75) is 40.3 Å². The van der Waals surface area contributed by atoms with Gasteiger partial charge in [-0.3, -0.25) is 4.79 Å². The van der Waals surface area contributed by atoms with Crippen molar-refractivity contribution in [1.82, 2.24) is 10.1 Å². The van der Waals surface area contributed by atoms with Crippen LogP contribution in [0, 0.1) is 13.8 Å². The molecule has 1 unspecified atom stereocenters. The fourth-order valence-electron chi connectivity index (χ4n) is 3.54. The number of benzene rings is 2. The van der Waals surface area contributed by atoms with Crippen LogP contribution >= 0.6 is 0 Å². The molecule has 0 saturated carbocycles. The van der Waals surface area contributed by atoms with E-state index in [0.717, 1.165) is 28.1 Å². The Morgan fingerprint density at radius 1 is 1.06 bits per heavy atom. The van der Waals surface area contributed by atoms with Crippen LogP contribution in [-0.4, -0.2) is 41.7 Å². The molecule has 0 bridgehead atoms. The van der Waals surface area contributed by atoms with Gasteiger partial charge >= 0.3 is 5.97 Å². The quantitative estimate of drug-likeness (QED) is 0.482. The number of aromatic nitrogens is 1. The van der Waals surface area contributed by atoms with E-state index in [1.807, 2.05) is 38.1 Å². The first-order chi connectivity index (χ1) is 15.3. The van der Waals surface area contributed by atoms with E-state index in [0.29, 0.717) is 11.3 Å². The molecular weight excluding hydrogens is 408 g/mol. The molecule has 0 aliphatic heterocycles. The van der Waals surface area contributed by atoms with E-state index in [-0.39, 0.29) is 19.1 Å². The smallest absolute Gasteiger partial charge is 0.328 e. The lowest BCUT2D eigenvalue weighted by molar-refractivity contribution is -0.148. The maximum Gasteiger partial charge on any atom is 0.328 e. The van der Waals surface area contributed by atoms with Crippen molar-refractivity contribution >= 4 is 11.9 Å². The number of aryl methyl sites for hydroxylation is 2. The second kappa shape index (κ2) is 10.1. The molecule has 2 aromatic carbocycles. The molecule has 0 saturated heterocycles. The average Bonchev–Trinajstić information content (AvgIpc) is 3.15. The van der Waals surface area contributed by atoms with Gasteiger partial charge < -0.3 is 18.9 Å². The van der Waals surface area contributed by atoms with E-state index in [1.165, 1.54) is 4.90 Å². The van der Waals surface area contributed by atoms with Gasteiger partial charge in [0.15, 0.2) is 0 Å². The summed E-state index contributed by atoms with van der Waals surface area (Å²) in [6.45, 7) is 7.70. The molecule has 1 atom stereocenters. The standard InChI is InChI=1S/C25H28N2O5/c1-6-31-25(29)17(3)27(24(28)21-11-13-22(30-5)14-12-21)15-19-7-9-20(10-8-19)23-16(2)26-32-18(23)4/h7-14,17H,6,15H2,1-5H3. The SMILES string of the molecule is CCOC(=O)C(C)N(Cc1ccc(-c2c(C)noc2C)cc1)C(=O)c1ccc(OC)cc1. The number of ether oxygens (including phenoxy) is 2. The first-order valence-electron chi connectivity index (χ1n) is 10.5. The molecule has 168 valence electrons. The van der Waals surface area contributed by atoms with Gasteiger partial charge in [0, 0.05) is 17.7 Å². The third kappa shape index (κ3) is 4.99. The van der Waals surface area contributed by atoms with E-state index >= 15 is 0 Å². The number of hydrogen-bond donors (Lipinski definition) is 0. The number of nitrogens with zero attached hydrogens (tertiary/aromatic N) is 2. The van der Waals surface area contributed by atoms with Crippen LogP contribution in [0.3, 0.4) is 0 Å². The summed E-state index contributed by atoms with van der Waals surface area (Å²) in [5, 5.41) is 4.00. The monoisotopic (exact) mass is 436 g/mol. The molecule has 3 aromatic rings. The zero-order chi connectivity index (χ0) is 23.3. The lowest BCUT2D eigenvalue weighted by Gasteiger charge is -2.28. The molecular formula is C25H28N2O5. The predicted molar refractivity (Wildman–Crippen MR) is 120 cm³/mol. The normalized spacial score (nSPS) is 11.7. The highest BCUT2D eigenvalue weighted by Crippen LogP contribution is 2.27. The zero-order valence-electron chi connectivity index (χ0n) is 19.0. The summed E-state index contributed by atoms with van der Waals surface area (Å²) < 4.78 is 15.6. The predicted octanol–water partition coefficient (Wildman–Crippen LogP) is 4.56. The van der Waals surface area contributed by atoms with Crippen LogP contribution in [0.2, 0.25) is 0 Å². The molecule has 1 aromatic heterocycles. The highest BCUT2D eigenvalue weighted by molar-refractivity contribution is 5.96. The Kier molecular flexibility index (Phi) is 7.30. The van der Waals surface area contributed by atoms with Crippen molar-refractivity contribution in [3.05, 3.63) is 71.1 Å². The van der Waals surface area contributed by atoms with Crippen LogP contribution in [0.1, 0.15) is 41.2 Å². The molecule has 7 nitrogen and oxygen atoms in total. The molecule has 0 radical (unpaired) electrons. The number of methoxy groups -OCH3 is 1. The summed E-state index contributed by atoms with van der Waals surface area (Å²) in [7, 11) is 1.57. The van der Waals surface area contributed by atoms with Gasteiger partial charge in [-0.15, -0.1) is 0 Å². The van der Waals surface area contributed by atoms with Gasteiger partial charge in [-0.05, 0) is 63.1 Å². The Morgan fingerprint density at radius 3 is 2.25 bits per heavy atom. The molecule has 0 fully saturated rings. The number of esters is 1. The van der Waals surface area contributed by atoms with Crippen LogP contribution in [0.4, 0.5) is 0 Å². The average molecular weight is 437 g/mol. The maximum atomic E-state index is 13.3. The fraction of sp³-hybridized carbons (Fsp3) is 0.320. The summed E-state index contributed by atoms with van der Waals surface area (Å²) in [5.74, 6) is 0.702. The highest BCUT2D eigenvalue weighted by atomic mass is 16.5. The van der Waals surface area contributed by atoms with Gasteiger partial charge in [0.25, 0.3) is 5.91 Å². The van der Waals surface area contributed by atoms with Crippen molar-refractivity contribution in [1.29, 1.82) is 0 Å². The van der Waals surface area contributed by atoms with Gasteiger partial charge in [-0.25, -0.2) is 4.79 Å². The second-order valence-corrected chi connectivity index (χ2v) is 7.49. The first-order valence-corrected chi connectivity index (χ1v) is 10.5. The zero-order valence-corrected chi connectivity index (χ0v) is 19.0. The summed E-state index contributed by atoms with van der Waals surface area (Å²) in [4.78, 5) is 27.3. The number of carbonyl (C=O) groups excluding carboxylic acids is 2. The van der Waals surface area contributed by atoms with Crippen LogP contribution in [-0.2, 0) is 16.1 Å². The van der Waals surface area contributed by atoms with Gasteiger partial charge in [0.2, 0.25) is 0 Å². The molecule has 32 heavy (non-hydrogen) atoms. The summed E-state index contributed by atoms with van der Waals surface area (Å²) in [6, 6.07) is 13.9. The highest BCUT2D eigenvalue weighted by Gasteiger charge is 2.28. The van der Waals surface area contributed by atoms with Crippen molar-refractivity contribution in [3.63, 3.8) is 0 Å². The molecule has 0 N–H and O–H groups in total. The van der Waals surface area contributed by atoms with Crippen molar-refractivity contribution < 1.29 is 23.6 Å². The fourth-order valence-corrected chi connectivity index (χ4v) is 3.54. The van der Waals surface area contributed by atoms with Crippen LogP contribution in [0.5, 0.6) is 5.75 Å². The minimum Gasteiger partial charge on any atom is -0.497 e. The second-order valence-electron chi connectivity index (χ2n) is 7.49. The number of hydrogen-bond acceptors (Lipinski definition) is 6. The number of amides is 1. The Bertz CT molecular complexity index is 1050. The third-order valence-electron chi connectivity index (χ3n) is 5.32. The van der Waals surface area contributed by atoms with E-state index in [4.69, 9.17) is 14.0 Å². The van der Waals surface area contributed by atoms with E-state index in [2.05, 4.69) is 5.16 Å². The van der Waals surface area contributed by atoms with Gasteiger partial charge in [0.05, 0.1) is 19.4 Å². The Hall–Kier alpha value is -3.61. The third-order valence-corrected chi connectivity index (χ3v) is 5.32. The van der Waals surface area contributed by atoms with Gasteiger partial charge in [0.1, 0.15) is 17.6 Å². The molecule has 7 heteroatoms. The molecule has 0 spiro atoms. The first kappa shape index (κ1) is 23.1. The summed E-state index contributed by atoms with van der Waals surface area (Å²) in [6.07, 6.45) is 0. The minimum absolute atomic E-state index is 0.250. The summed E-state index contributed by atoms with van der Waals surface area (Å²) in [5.41, 5.74) is 4.12. The Labute approximate surface area is 187 Å². The van der Waals surface area contributed by atoms with E-state index in [9.17, 15) is 9.59 Å². The van der Waals surface area contributed by atoms with Crippen molar-refractivity contribution in [3.8, 4) is 16.9 Å². The number of rotatable bonds is 8. The molecule has 0 aliphatic carbocycles. The molecule has 0 aliphatic rings. The molecule has 3 rings (SSSR count). The molecule has 1 amide bonds. The van der Waals surface area contributed by atoms with E-state index in [1.54, 1.807) is 45.2 Å². The Balaban J connectivity index is 1.87. The van der Waals surface area contributed by atoms with E-state index < -0.39 is 12.0 Å². The van der Waals surface area contributed by atoms with Crippen LogP contribution in [0.15, 0.2) is 53.1 Å². The lowest BCUT2D eigenvalue weighted by Crippen LogP contribution is -2.43. The maximum absolute atomic E-state index is 13.3. The lowest BCUT2D eigenvalue weighted by atomic mass is 10.0. The van der Waals surface area contributed by atoms with Gasteiger partial charge in [-0.2, -0.15) is 0 Å². The van der Waals surface area contributed by atoms with Crippen molar-refractivity contribution in [2.75, 3.05) is 13.7 Å². The van der Waals surface area contributed by atoms with Crippen LogP contribution in [0.25, 0.3) is 11.1 Å². The van der Waals surface area contributed by atoms with Gasteiger partial charge in [-0.1, -0.05) is 29.4 Å². The number of carbonyl (C=O) groups is 2. The summed E-state index contributed by atoms with van der Waals surface area (Å²) >= 11 is 0. The molecule has 1 heterocycles.